The molecule has 0 bridgehead atoms. The Morgan fingerprint density at radius 1 is 1.23 bits per heavy atom. The molecule has 1 amide bonds. The van der Waals surface area contributed by atoms with Crippen molar-refractivity contribution >= 4 is 28.7 Å². The number of aromatic nitrogens is 3. The molecule has 2 aromatic rings. The Kier molecular flexibility index (Phi) is 4.05. The summed E-state index contributed by atoms with van der Waals surface area (Å²) in [6.07, 6.45) is 5.43. The van der Waals surface area contributed by atoms with Gasteiger partial charge in [0.25, 0.3) is 0 Å². The summed E-state index contributed by atoms with van der Waals surface area (Å²) in [6, 6.07) is 2.17. The van der Waals surface area contributed by atoms with Crippen LogP contribution < -0.4 is 5.32 Å². The Labute approximate surface area is 147 Å². The molecular weight excluding hydrogens is 345 g/mol. The summed E-state index contributed by atoms with van der Waals surface area (Å²) < 4.78 is 40.4. The number of pyridine rings is 1. The zero-order valence-corrected chi connectivity index (χ0v) is 13.9. The highest BCUT2D eigenvalue weighted by Gasteiger charge is 2.33. The van der Waals surface area contributed by atoms with Crippen LogP contribution in [0.15, 0.2) is 30.4 Å². The molecule has 136 valence electrons. The van der Waals surface area contributed by atoms with E-state index in [0.29, 0.717) is 23.6 Å². The second-order valence-electron chi connectivity index (χ2n) is 6.66. The number of carbonyl (C=O) groups is 1. The van der Waals surface area contributed by atoms with Gasteiger partial charge >= 0.3 is 6.18 Å². The predicted octanol–water partition coefficient (Wildman–Crippen LogP) is 4.38. The number of halogens is 3. The highest BCUT2D eigenvalue weighted by Crippen LogP contribution is 2.32. The zero-order chi connectivity index (χ0) is 18.3. The van der Waals surface area contributed by atoms with Crippen LogP contribution in [-0.4, -0.2) is 20.4 Å². The molecule has 0 unspecified atom stereocenters. The van der Waals surface area contributed by atoms with Gasteiger partial charge in [-0.25, -0.2) is 9.97 Å². The first-order chi connectivity index (χ1) is 12.4. The van der Waals surface area contributed by atoms with Crippen molar-refractivity contribution < 1.29 is 18.0 Å². The molecule has 0 aromatic carbocycles. The highest BCUT2D eigenvalue weighted by molar-refractivity contribution is 5.93. The summed E-state index contributed by atoms with van der Waals surface area (Å²) in [5, 5.41) is 2.75. The van der Waals surface area contributed by atoms with Crippen molar-refractivity contribution in [2.45, 2.75) is 38.3 Å². The minimum Gasteiger partial charge on any atom is -0.296 e. The number of allylic oxidation sites excluding steroid dienone is 4. The third-order valence-electron chi connectivity index (χ3n) is 4.79. The summed E-state index contributed by atoms with van der Waals surface area (Å²) in [4.78, 5) is 20.4. The Hall–Kier alpha value is -2.64. The van der Waals surface area contributed by atoms with Gasteiger partial charge in [0.15, 0.2) is 5.65 Å². The van der Waals surface area contributed by atoms with E-state index in [1.54, 1.807) is 18.2 Å². The standard InChI is InChI=1S/C18H17F3N4O/c19-18(20,21)14-9-8-13-16(23-14)25(12-6-3-7-12)17(22-13)24-15(26)10-11-4-1-2-5-11/h3,6-9,11H,1-2,4-5,10H2,(H,22,24,26). The molecule has 0 radical (unpaired) electrons. The zero-order valence-electron chi connectivity index (χ0n) is 13.9. The van der Waals surface area contributed by atoms with E-state index in [-0.39, 0.29) is 17.5 Å². The van der Waals surface area contributed by atoms with Gasteiger partial charge in [0.05, 0.1) is 5.70 Å². The van der Waals surface area contributed by atoms with Gasteiger partial charge in [-0.05, 0) is 43.0 Å². The van der Waals surface area contributed by atoms with Gasteiger partial charge in [0.1, 0.15) is 11.2 Å². The predicted molar refractivity (Wildman–Crippen MR) is 91.1 cm³/mol. The van der Waals surface area contributed by atoms with E-state index in [0.717, 1.165) is 31.7 Å². The van der Waals surface area contributed by atoms with Crippen LogP contribution in [0, 0.1) is 5.92 Å². The summed E-state index contributed by atoms with van der Waals surface area (Å²) in [5.41, 5.74) is 0.0244. The monoisotopic (exact) mass is 362 g/mol. The Bertz CT molecular complexity index is 920. The van der Waals surface area contributed by atoms with Crippen LogP contribution >= 0.6 is 0 Å². The third-order valence-corrected chi connectivity index (χ3v) is 4.79. The number of nitrogens with zero attached hydrogens (tertiary/aromatic N) is 3. The number of imidazole rings is 1. The molecule has 0 saturated heterocycles. The van der Waals surface area contributed by atoms with Crippen molar-refractivity contribution in [2.75, 3.05) is 5.32 Å². The van der Waals surface area contributed by atoms with E-state index >= 15 is 0 Å². The van der Waals surface area contributed by atoms with Crippen LogP contribution in [-0.2, 0) is 11.0 Å². The first kappa shape index (κ1) is 16.8. The fourth-order valence-corrected chi connectivity index (χ4v) is 3.43. The van der Waals surface area contributed by atoms with Gasteiger partial charge in [-0.3, -0.25) is 14.7 Å². The topological polar surface area (TPSA) is 59.8 Å². The molecule has 0 atom stereocenters. The minimum atomic E-state index is -4.54. The van der Waals surface area contributed by atoms with Gasteiger partial charge in [0, 0.05) is 6.42 Å². The number of rotatable bonds is 4. The summed E-state index contributed by atoms with van der Waals surface area (Å²) in [6.45, 7) is 0. The number of alkyl halides is 3. The molecule has 8 heteroatoms. The van der Waals surface area contributed by atoms with E-state index < -0.39 is 11.9 Å². The fourth-order valence-electron chi connectivity index (χ4n) is 3.43. The summed E-state index contributed by atoms with van der Waals surface area (Å²) in [7, 11) is 0. The molecule has 0 spiro atoms. The molecule has 26 heavy (non-hydrogen) atoms. The van der Waals surface area contributed by atoms with E-state index in [9.17, 15) is 18.0 Å². The molecule has 2 aromatic heterocycles. The molecule has 1 N–H and O–H groups in total. The lowest BCUT2D eigenvalue weighted by molar-refractivity contribution is -0.141. The minimum absolute atomic E-state index is 0.0755. The van der Waals surface area contributed by atoms with Crippen LogP contribution in [0.3, 0.4) is 0 Å². The molecular formula is C18H17F3N4O. The second kappa shape index (κ2) is 6.26. The van der Waals surface area contributed by atoms with Gasteiger partial charge in [-0.1, -0.05) is 18.9 Å². The summed E-state index contributed by atoms with van der Waals surface area (Å²) >= 11 is 0. The number of hydrogen-bond acceptors (Lipinski definition) is 3. The van der Waals surface area contributed by atoms with Crippen LogP contribution in [0.5, 0.6) is 0 Å². The largest absolute Gasteiger partial charge is 0.433 e. The Balaban J connectivity index is 1.68. The van der Waals surface area contributed by atoms with E-state index in [1.165, 1.54) is 10.6 Å². The fraction of sp³-hybridized carbons (Fsp3) is 0.389. The number of nitrogens with one attached hydrogen (secondary N) is 1. The van der Waals surface area contributed by atoms with Crippen molar-refractivity contribution in [3.8, 4) is 0 Å². The Morgan fingerprint density at radius 2 is 1.96 bits per heavy atom. The lowest BCUT2D eigenvalue weighted by Gasteiger charge is -2.15. The van der Waals surface area contributed by atoms with Crippen LogP contribution in [0.25, 0.3) is 16.9 Å². The second-order valence-corrected chi connectivity index (χ2v) is 6.66. The maximum absolute atomic E-state index is 13.0. The van der Waals surface area contributed by atoms with Crippen LogP contribution in [0.4, 0.5) is 19.1 Å². The lowest BCUT2D eigenvalue weighted by atomic mass is 10.0. The number of fused-ring (bicyclic) bond motifs is 1. The molecule has 0 aliphatic heterocycles. The molecule has 1 saturated carbocycles. The maximum atomic E-state index is 13.0. The van der Waals surface area contributed by atoms with Crippen molar-refractivity contribution in [1.82, 2.24) is 14.5 Å². The first-order valence-corrected chi connectivity index (χ1v) is 8.57. The smallest absolute Gasteiger partial charge is 0.296 e. The summed E-state index contributed by atoms with van der Waals surface area (Å²) in [5.74, 6) is 0.393. The average molecular weight is 362 g/mol. The number of anilines is 1. The molecule has 4 rings (SSSR count). The van der Waals surface area contributed by atoms with Gasteiger partial charge < -0.3 is 0 Å². The van der Waals surface area contributed by atoms with E-state index in [4.69, 9.17) is 0 Å². The van der Waals surface area contributed by atoms with Crippen molar-refractivity contribution in [3.05, 3.63) is 36.1 Å². The number of hydrogen-bond donors (Lipinski definition) is 1. The molecule has 1 fully saturated rings. The van der Waals surface area contributed by atoms with Crippen molar-refractivity contribution in [1.29, 1.82) is 0 Å². The van der Waals surface area contributed by atoms with Crippen LogP contribution in [0.2, 0.25) is 0 Å². The normalized spacial score (nSPS) is 17.4. The van der Waals surface area contributed by atoms with E-state index in [1.807, 2.05) is 0 Å². The average Bonchev–Trinajstić information content (AvgIpc) is 3.13. The number of carbonyl (C=O) groups excluding carboxylic acids is 1. The van der Waals surface area contributed by atoms with Crippen molar-refractivity contribution in [3.63, 3.8) is 0 Å². The quantitative estimate of drug-likeness (QED) is 0.878. The molecule has 2 aliphatic rings. The molecule has 2 heterocycles. The SMILES string of the molecule is O=C(CC1CCCC1)Nc1nc2ccc(C(F)(F)F)nc2n1C1=CC=C1. The van der Waals surface area contributed by atoms with Crippen molar-refractivity contribution in [2.24, 2.45) is 5.92 Å². The first-order valence-electron chi connectivity index (χ1n) is 8.57. The van der Waals surface area contributed by atoms with Crippen LogP contribution in [0.1, 0.15) is 37.8 Å². The third kappa shape index (κ3) is 3.11. The maximum Gasteiger partial charge on any atom is 0.433 e. The Morgan fingerprint density at radius 3 is 2.58 bits per heavy atom. The lowest BCUT2D eigenvalue weighted by Crippen LogP contribution is -2.18. The van der Waals surface area contributed by atoms with E-state index in [2.05, 4.69) is 15.3 Å². The van der Waals surface area contributed by atoms with Gasteiger partial charge in [-0.2, -0.15) is 13.2 Å². The van der Waals surface area contributed by atoms with Gasteiger partial charge in [0.2, 0.25) is 11.9 Å². The number of amides is 1. The highest BCUT2D eigenvalue weighted by atomic mass is 19.4. The molecule has 2 aliphatic carbocycles. The van der Waals surface area contributed by atoms with Gasteiger partial charge in [-0.15, -0.1) is 0 Å². The molecule has 5 nitrogen and oxygen atoms in total.